The largest absolute Gasteiger partial charge is 0.460 e. The zero-order chi connectivity index (χ0) is 23.0. The van der Waals surface area contributed by atoms with E-state index in [2.05, 4.69) is 15.9 Å². The molecule has 1 aromatic heterocycles. The van der Waals surface area contributed by atoms with Crippen LogP contribution >= 0.6 is 27.3 Å². The smallest absolute Gasteiger partial charge is 0.410 e. The van der Waals surface area contributed by atoms with Crippen LogP contribution in [-0.2, 0) is 28.9 Å². The number of carbonyl (C=O) groups is 2. The Kier molecular flexibility index (Phi) is 7.36. The number of esters is 1. The predicted molar refractivity (Wildman–Crippen MR) is 120 cm³/mol. The molecule has 30 heavy (non-hydrogen) atoms. The summed E-state index contributed by atoms with van der Waals surface area (Å²) < 4.78 is 37.2. The molecule has 0 bridgehead atoms. The summed E-state index contributed by atoms with van der Waals surface area (Å²) in [4.78, 5) is 27.2. The minimum Gasteiger partial charge on any atom is -0.460 e. The molecule has 1 aromatic rings. The first-order valence-electron chi connectivity index (χ1n) is 9.73. The molecule has 0 saturated carbocycles. The third-order valence-electron chi connectivity index (χ3n) is 4.53. The number of thiophene rings is 1. The van der Waals surface area contributed by atoms with Gasteiger partial charge in [0.15, 0.2) is 9.84 Å². The second kappa shape index (κ2) is 8.78. The highest BCUT2D eigenvalue weighted by Crippen LogP contribution is 2.44. The molecule has 1 atom stereocenters. The maximum atomic E-state index is 13.5. The number of hydrogen-bond acceptors (Lipinski definition) is 7. The zero-order valence-corrected chi connectivity index (χ0v) is 21.5. The summed E-state index contributed by atoms with van der Waals surface area (Å²) in [7, 11) is -3.78. The fourth-order valence-electron chi connectivity index (χ4n) is 3.25. The molecule has 1 amide bonds. The van der Waals surface area contributed by atoms with E-state index in [0.717, 1.165) is 3.79 Å². The quantitative estimate of drug-likeness (QED) is 0.542. The maximum absolute atomic E-state index is 13.5. The van der Waals surface area contributed by atoms with Gasteiger partial charge in [0.1, 0.15) is 15.9 Å². The molecule has 0 spiro atoms. The van der Waals surface area contributed by atoms with Gasteiger partial charge in [0.05, 0.1) is 16.0 Å². The minimum absolute atomic E-state index is 0.0138. The van der Waals surface area contributed by atoms with E-state index in [-0.39, 0.29) is 31.7 Å². The lowest BCUT2D eigenvalue weighted by Crippen LogP contribution is -2.40. The lowest BCUT2D eigenvalue weighted by molar-refractivity contribution is -0.155. The molecule has 2 heterocycles. The molecule has 0 aliphatic carbocycles. The molecule has 1 aliphatic heterocycles. The molecule has 1 saturated heterocycles. The van der Waals surface area contributed by atoms with E-state index < -0.39 is 37.8 Å². The number of carbonyl (C=O) groups excluding carboxylic acids is 2. The van der Waals surface area contributed by atoms with Gasteiger partial charge in [-0.3, -0.25) is 4.79 Å². The van der Waals surface area contributed by atoms with Crippen molar-refractivity contribution in [3.63, 3.8) is 0 Å². The maximum Gasteiger partial charge on any atom is 0.410 e. The van der Waals surface area contributed by atoms with E-state index in [9.17, 15) is 18.0 Å². The molecule has 1 unspecified atom stereocenters. The van der Waals surface area contributed by atoms with Crippen LogP contribution in [0.3, 0.4) is 0 Å². The van der Waals surface area contributed by atoms with Gasteiger partial charge in [0, 0.05) is 18.0 Å². The van der Waals surface area contributed by atoms with Crippen LogP contribution in [0.4, 0.5) is 4.79 Å². The van der Waals surface area contributed by atoms with Crippen molar-refractivity contribution in [1.82, 2.24) is 4.90 Å². The number of sulfone groups is 1. The predicted octanol–water partition coefficient (Wildman–Crippen LogP) is 4.49. The lowest BCUT2D eigenvalue weighted by Gasteiger charge is -2.32. The van der Waals surface area contributed by atoms with Crippen molar-refractivity contribution in [2.75, 3.05) is 18.8 Å². The van der Waals surface area contributed by atoms with Crippen molar-refractivity contribution in [3.8, 4) is 0 Å². The number of hydrogen-bond donors (Lipinski definition) is 0. The van der Waals surface area contributed by atoms with Gasteiger partial charge >= 0.3 is 12.1 Å². The summed E-state index contributed by atoms with van der Waals surface area (Å²) in [6.45, 7) is 10.7. The van der Waals surface area contributed by atoms with Crippen molar-refractivity contribution in [1.29, 1.82) is 0 Å². The SMILES string of the molecule is CC(C)(C)OC(=O)CC1(c2ccc(Br)s2)CCN(C(=O)OC(C)(C)C)CCS1(=O)=O. The van der Waals surface area contributed by atoms with Crippen molar-refractivity contribution in [2.45, 2.75) is 70.3 Å². The highest BCUT2D eigenvalue weighted by molar-refractivity contribution is 9.11. The molecule has 10 heteroatoms. The van der Waals surface area contributed by atoms with Crippen LogP contribution in [0.5, 0.6) is 0 Å². The van der Waals surface area contributed by atoms with Crippen molar-refractivity contribution in [3.05, 3.63) is 20.8 Å². The zero-order valence-electron chi connectivity index (χ0n) is 18.3. The Morgan fingerprint density at radius 2 is 1.70 bits per heavy atom. The first-order valence-corrected chi connectivity index (χ1v) is 13.0. The Labute approximate surface area is 191 Å². The van der Waals surface area contributed by atoms with Crippen LogP contribution in [0.2, 0.25) is 0 Å². The summed E-state index contributed by atoms with van der Waals surface area (Å²) in [5.41, 5.74) is -1.42. The monoisotopic (exact) mass is 523 g/mol. The summed E-state index contributed by atoms with van der Waals surface area (Å²) in [5.74, 6) is -0.841. The molecule has 7 nitrogen and oxygen atoms in total. The molecule has 0 aromatic carbocycles. The number of rotatable bonds is 3. The van der Waals surface area contributed by atoms with E-state index in [1.165, 1.54) is 16.2 Å². The van der Waals surface area contributed by atoms with Gasteiger partial charge < -0.3 is 14.4 Å². The van der Waals surface area contributed by atoms with Gasteiger partial charge in [-0.25, -0.2) is 13.2 Å². The second-order valence-electron chi connectivity index (χ2n) is 9.40. The second-order valence-corrected chi connectivity index (χ2v) is 14.3. The number of amides is 1. The van der Waals surface area contributed by atoms with Gasteiger partial charge in [-0.2, -0.15) is 0 Å². The first-order chi connectivity index (χ1) is 13.5. The van der Waals surface area contributed by atoms with Crippen molar-refractivity contribution in [2.24, 2.45) is 0 Å². The van der Waals surface area contributed by atoms with Gasteiger partial charge in [-0.05, 0) is 76.0 Å². The average molecular weight is 524 g/mol. The van der Waals surface area contributed by atoms with Gasteiger partial charge in [0.25, 0.3) is 0 Å². The van der Waals surface area contributed by atoms with E-state index >= 15 is 0 Å². The van der Waals surface area contributed by atoms with Crippen LogP contribution in [0.25, 0.3) is 0 Å². The summed E-state index contributed by atoms with van der Waals surface area (Å²) in [6, 6.07) is 3.49. The van der Waals surface area contributed by atoms with Crippen LogP contribution in [0.1, 0.15) is 59.3 Å². The summed E-state index contributed by atoms with van der Waals surface area (Å²) in [6.07, 6.45) is -0.777. The van der Waals surface area contributed by atoms with E-state index in [1.54, 1.807) is 53.7 Å². The topological polar surface area (TPSA) is 90.0 Å². The summed E-state index contributed by atoms with van der Waals surface area (Å²) in [5, 5.41) is 0. The molecule has 1 aliphatic rings. The number of ether oxygens (including phenoxy) is 2. The van der Waals surface area contributed by atoms with Crippen molar-refractivity contribution >= 4 is 49.2 Å². The molecule has 2 rings (SSSR count). The first kappa shape index (κ1) is 25.1. The Bertz CT molecular complexity index is 897. The molecule has 170 valence electrons. The van der Waals surface area contributed by atoms with Crippen molar-refractivity contribution < 1.29 is 27.5 Å². The lowest BCUT2D eigenvalue weighted by atomic mass is 9.97. The van der Waals surface area contributed by atoms with E-state index in [0.29, 0.717) is 4.88 Å². The van der Waals surface area contributed by atoms with E-state index in [1.807, 2.05) is 0 Å². The molecule has 1 fully saturated rings. The minimum atomic E-state index is -3.78. The molecular formula is C20H30BrNO6S2. The summed E-state index contributed by atoms with van der Waals surface area (Å²) >= 11 is 4.67. The molecular weight excluding hydrogens is 494 g/mol. The highest BCUT2D eigenvalue weighted by atomic mass is 79.9. The molecule has 0 radical (unpaired) electrons. The van der Waals surface area contributed by atoms with Gasteiger partial charge in [0.2, 0.25) is 0 Å². The normalized spacial score (nSPS) is 22.3. The van der Waals surface area contributed by atoms with Gasteiger partial charge in [-0.1, -0.05) is 0 Å². The Morgan fingerprint density at radius 3 is 2.20 bits per heavy atom. The highest BCUT2D eigenvalue weighted by Gasteiger charge is 2.50. The van der Waals surface area contributed by atoms with Crippen LogP contribution in [0.15, 0.2) is 15.9 Å². The Balaban J connectivity index is 2.42. The average Bonchev–Trinajstić information content (AvgIpc) is 2.91. The third-order valence-corrected chi connectivity index (χ3v) is 8.97. The Hall–Kier alpha value is -1.13. The van der Waals surface area contributed by atoms with Crippen LogP contribution < -0.4 is 0 Å². The molecule has 0 N–H and O–H groups in total. The van der Waals surface area contributed by atoms with Crippen LogP contribution in [-0.4, -0.2) is 55.4 Å². The fraction of sp³-hybridized carbons (Fsp3) is 0.700. The van der Waals surface area contributed by atoms with E-state index in [4.69, 9.17) is 9.47 Å². The standard InChI is InChI=1S/C20H30BrNO6S2/c1-18(2,3)27-16(23)13-20(14-7-8-15(21)29-14)9-10-22(11-12-30(20,25)26)17(24)28-19(4,5)6/h7-8H,9-13H2,1-6H3. The third kappa shape index (κ3) is 6.20. The number of nitrogens with zero attached hydrogens (tertiary/aromatic N) is 1. The number of halogens is 1. The van der Waals surface area contributed by atoms with Gasteiger partial charge in [-0.15, -0.1) is 11.3 Å². The Morgan fingerprint density at radius 1 is 1.10 bits per heavy atom. The van der Waals surface area contributed by atoms with Crippen LogP contribution in [0, 0.1) is 0 Å². The fourth-order valence-corrected chi connectivity index (χ4v) is 7.22.